The van der Waals surface area contributed by atoms with E-state index in [0.717, 1.165) is 39.4 Å². The van der Waals surface area contributed by atoms with Crippen LogP contribution in [0.2, 0.25) is 0 Å². The van der Waals surface area contributed by atoms with Gasteiger partial charge in [0.25, 0.3) is 0 Å². The van der Waals surface area contributed by atoms with Gasteiger partial charge in [-0.15, -0.1) is 0 Å². The number of anilines is 3. The highest BCUT2D eigenvalue weighted by Gasteiger charge is 2.35. The molecular weight excluding hydrogens is 833 g/mol. The Morgan fingerprint density at radius 2 is 0.826 bits per heavy atom. The minimum atomic E-state index is -0.137. The Hall–Kier alpha value is -8.72. The summed E-state index contributed by atoms with van der Waals surface area (Å²) in [6.07, 6.45) is 0. The van der Waals surface area contributed by atoms with E-state index in [1.165, 1.54) is 82.6 Å². The molecule has 0 spiro atoms. The molecule has 0 N–H and O–H groups in total. The molecule has 13 rings (SSSR count). The molecule has 0 saturated heterocycles. The highest BCUT2D eigenvalue weighted by molar-refractivity contribution is 6.12. The zero-order chi connectivity index (χ0) is 46.1. The van der Waals surface area contributed by atoms with E-state index in [1.807, 2.05) is 0 Å². The van der Waals surface area contributed by atoms with Crippen LogP contribution in [0.25, 0.3) is 93.9 Å². The predicted molar refractivity (Wildman–Crippen MR) is 292 cm³/mol. The van der Waals surface area contributed by atoms with Crippen LogP contribution in [0.3, 0.4) is 0 Å². The largest absolute Gasteiger partial charge is 0.309 e. The van der Waals surface area contributed by atoms with E-state index in [1.54, 1.807) is 0 Å². The summed E-state index contributed by atoms with van der Waals surface area (Å²) in [4.78, 5) is 2.54. The van der Waals surface area contributed by atoms with Crippen LogP contribution in [0.4, 0.5) is 17.1 Å². The van der Waals surface area contributed by atoms with Gasteiger partial charge in [0, 0.05) is 38.6 Å². The highest BCUT2D eigenvalue weighted by atomic mass is 15.1. The van der Waals surface area contributed by atoms with Crippen molar-refractivity contribution in [2.24, 2.45) is 0 Å². The van der Waals surface area contributed by atoms with Crippen molar-refractivity contribution in [2.75, 3.05) is 4.90 Å². The van der Waals surface area contributed by atoms with Gasteiger partial charge in [0.1, 0.15) is 0 Å². The van der Waals surface area contributed by atoms with Crippen molar-refractivity contribution in [3.05, 3.63) is 266 Å². The molecule has 0 amide bonds. The van der Waals surface area contributed by atoms with Gasteiger partial charge in [-0.3, -0.25) is 0 Å². The standard InChI is InChI=1S/C67H48N2/c1-67(2)59-34-14-9-29-53(59)54-41-39-47(43-60(54)67)50-27-10-15-35-61(50)69(64-38-18-13-31-56(64)58-33-20-24-46-23-19-32-52(66(46)58)45-21-5-3-6-22-45)62-36-16-11-28-51(62)48-40-42-57-55-30-12-17-37-63(55)68(65(57)44-48)49-25-7-4-8-26-49/h3-44H,1-2H3. The van der Waals surface area contributed by atoms with Gasteiger partial charge >= 0.3 is 0 Å². The number of benzene rings is 11. The quantitative estimate of drug-likeness (QED) is 0.148. The van der Waals surface area contributed by atoms with E-state index in [4.69, 9.17) is 0 Å². The second kappa shape index (κ2) is 16.3. The highest BCUT2D eigenvalue weighted by Crippen LogP contribution is 2.53. The van der Waals surface area contributed by atoms with Gasteiger partial charge in [-0.2, -0.15) is 0 Å². The average Bonchev–Trinajstić information content (AvgIpc) is 3.86. The molecule has 2 heteroatoms. The summed E-state index contributed by atoms with van der Waals surface area (Å²) in [6, 6.07) is 93.9. The maximum atomic E-state index is 2.54. The van der Waals surface area contributed by atoms with E-state index in [2.05, 4.69) is 278 Å². The molecule has 1 aliphatic carbocycles. The lowest BCUT2D eigenvalue weighted by atomic mass is 9.81. The van der Waals surface area contributed by atoms with Crippen molar-refractivity contribution >= 4 is 49.6 Å². The van der Waals surface area contributed by atoms with E-state index >= 15 is 0 Å². The summed E-state index contributed by atoms with van der Waals surface area (Å²) in [7, 11) is 0. The van der Waals surface area contributed by atoms with Gasteiger partial charge in [-0.05, 0) is 109 Å². The first-order valence-electron chi connectivity index (χ1n) is 24.0. The van der Waals surface area contributed by atoms with Gasteiger partial charge < -0.3 is 9.47 Å². The fourth-order valence-corrected chi connectivity index (χ4v) is 11.4. The Labute approximate surface area is 403 Å². The summed E-state index contributed by atoms with van der Waals surface area (Å²) in [5, 5.41) is 4.92. The van der Waals surface area contributed by atoms with Crippen LogP contribution in [0.1, 0.15) is 25.0 Å². The van der Waals surface area contributed by atoms with Crippen molar-refractivity contribution in [1.29, 1.82) is 0 Å². The van der Waals surface area contributed by atoms with E-state index in [0.29, 0.717) is 0 Å². The van der Waals surface area contributed by atoms with Crippen LogP contribution >= 0.6 is 0 Å². The summed E-state index contributed by atoms with van der Waals surface area (Å²) in [5.41, 5.74) is 21.5. The third-order valence-corrected chi connectivity index (χ3v) is 14.6. The lowest BCUT2D eigenvalue weighted by Crippen LogP contribution is -2.15. The topological polar surface area (TPSA) is 8.17 Å². The minimum Gasteiger partial charge on any atom is -0.309 e. The van der Waals surface area contributed by atoms with E-state index < -0.39 is 0 Å². The van der Waals surface area contributed by atoms with Gasteiger partial charge in [-0.25, -0.2) is 0 Å². The molecule has 0 bridgehead atoms. The number of nitrogens with zero attached hydrogens (tertiary/aromatic N) is 2. The molecule has 2 nitrogen and oxygen atoms in total. The molecule has 1 aliphatic rings. The maximum absolute atomic E-state index is 2.54. The molecule has 326 valence electrons. The van der Waals surface area contributed by atoms with Crippen LogP contribution < -0.4 is 4.90 Å². The lowest BCUT2D eigenvalue weighted by Gasteiger charge is -2.32. The predicted octanol–water partition coefficient (Wildman–Crippen LogP) is 18.4. The zero-order valence-corrected chi connectivity index (χ0v) is 38.6. The van der Waals surface area contributed by atoms with Crippen molar-refractivity contribution in [3.8, 4) is 61.3 Å². The summed E-state index contributed by atoms with van der Waals surface area (Å²) in [6.45, 7) is 4.74. The first-order valence-corrected chi connectivity index (χ1v) is 24.0. The van der Waals surface area contributed by atoms with Crippen molar-refractivity contribution in [2.45, 2.75) is 19.3 Å². The first-order chi connectivity index (χ1) is 34.0. The molecule has 12 aromatic rings. The maximum Gasteiger partial charge on any atom is 0.0547 e. The first kappa shape index (κ1) is 40.5. The Kier molecular flexibility index (Phi) is 9.55. The molecule has 0 aliphatic heterocycles. The number of hydrogen-bond donors (Lipinski definition) is 0. The number of hydrogen-bond acceptors (Lipinski definition) is 1. The number of rotatable bonds is 8. The summed E-state index contributed by atoms with van der Waals surface area (Å²) >= 11 is 0. The SMILES string of the molecule is CC1(C)c2ccccc2-c2ccc(-c3ccccc3N(c3ccccc3-c3ccc4c5ccccc5n(-c5ccccc5)c4c3)c3ccccc3-c3cccc4cccc(-c5ccccc5)c34)cc21. The molecule has 11 aromatic carbocycles. The Morgan fingerprint density at radius 1 is 0.319 bits per heavy atom. The van der Waals surface area contributed by atoms with Crippen molar-refractivity contribution < 1.29 is 0 Å². The number of aromatic nitrogens is 1. The molecule has 0 saturated carbocycles. The molecule has 0 radical (unpaired) electrons. The molecule has 1 aromatic heterocycles. The van der Waals surface area contributed by atoms with Crippen molar-refractivity contribution in [1.82, 2.24) is 4.57 Å². The Bertz CT molecular complexity index is 3930. The average molecular weight is 881 g/mol. The van der Waals surface area contributed by atoms with Crippen LogP contribution in [-0.4, -0.2) is 4.57 Å². The Morgan fingerprint density at radius 3 is 1.55 bits per heavy atom. The molecule has 0 atom stereocenters. The van der Waals surface area contributed by atoms with Crippen LogP contribution in [0.15, 0.2) is 255 Å². The van der Waals surface area contributed by atoms with Crippen LogP contribution in [0.5, 0.6) is 0 Å². The number of para-hydroxylation sites is 5. The lowest BCUT2D eigenvalue weighted by molar-refractivity contribution is 0.660. The molecule has 1 heterocycles. The van der Waals surface area contributed by atoms with Gasteiger partial charge in [-0.1, -0.05) is 220 Å². The van der Waals surface area contributed by atoms with Gasteiger partial charge in [0.05, 0.1) is 28.1 Å². The van der Waals surface area contributed by atoms with Gasteiger partial charge in [0.15, 0.2) is 0 Å². The second-order valence-electron chi connectivity index (χ2n) is 18.8. The van der Waals surface area contributed by atoms with Gasteiger partial charge in [0.2, 0.25) is 0 Å². The zero-order valence-electron chi connectivity index (χ0n) is 38.6. The molecule has 69 heavy (non-hydrogen) atoms. The van der Waals surface area contributed by atoms with E-state index in [9.17, 15) is 0 Å². The fraction of sp³-hybridized carbons (Fsp3) is 0.0448. The second-order valence-corrected chi connectivity index (χ2v) is 18.8. The molecule has 0 unspecified atom stereocenters. The van der Waals surface area contributed by atoms with Crippen LogP contribution in [0, 0.1) is 0 Å². The van der Waals surface area contributed by atoms with Crippen LogP contribution in [-0.2, 0) is 5.41 Å². The normalized spacial score (nSPS) is 12.6. The molecular formula is C67H48N2. The summed E-state index contributed by atoms with van der Waals surface area (Å²) in [5.74, 6) is 0. The monoisotopic (exact) mass is 880 g/mol. The smallest absolute Gasteiger partial charge is 0.0547 e. The fourth-order valence-electron chi connectivity index (χ4n) is 11.4. The third-order valence-electron chi connectivity index (χ3n) is 14.6. The number of fused-ring (bicyclic) bond motifs is 7. The minimum absolute atomic E-state index is 0.137. The summed E-state index contributed by atoms with van der Waals surface area (Å²) < 4.78 is 2.41. The van der Waals surface area contributed by atoms with E-state index in [-0.39, 0.29) is 5.41 Å². The van der Waals surface area contributed by atoms with Crippen molar-refractivity contribution in [3.63, 3.8) is 0 Å². The third kappa shape index (κ3) is 6.55. The molecule has 0 fully saturated rings. The Balaban J connectivity index is 1.07.